The van der Waals surface area contributed by atoms with Crippen LogP contribution in [-0.2, 0) is 12.0 Å². The zero-order valence-corrected chi connectivity index (χ0v) is 22.4. The van der Waals surface area contributed by atoms with Gasteiger partial charge in [0.25, 0.3) is 5.56 Å². The highest BCUT2D eigenvalue weighted by Gasteiger charge is 2.20. The first-order chi connectivity index (χ1) is 17.0. The molecule has 36 heavy (non-hydrogen) atoms. The summed E-state index contributed by atoms with van der Waals surface area (Å²) >= 11 is 0. The second-order valence-electron chi connectivity index (χ2n) is 10.5. The minimum Gasteiger partial charge on any atom is -0.472 e. The number of ether oxygens (including phenoxy) is 1. The molecule has 4 aromatic rings. The van der Waals surface area contributed by atoms with Crippen LogP contribution in [0.4, 0.5) is 0 Å². The summed E-state index contributed by atoms with van der Waals surface area (Å²) in [6.07, 6.45) is 1.87. The van der Waals surface area contributed by atoms with Crippen molar-refractivity contribution in [2.75, 3.05) is 0 Å². The molecular weight excluding hydrogens is 448 g/mol. The first-order valence-corrected chi connectivity index (χ1v) is 12.2. The molecule has 186 valence electrons. The van der Waals surface area contributed by atoms with Crippen molar-refractivity contribution in [3.05, 3.63) is 98.5 Å². The Balaban J connectivity index is 1.75. The van der Waals surface area contributed by atoms with Crippen LogP contribution in [0.1, 0.15) is 60.2 Å². The van der Waals surface area contributed by atoms with Gasteiger partial charge in [-0.25, -0.2) is 9.97 Å². The molecule has 6 nitrogen and oxygen atoms in total. The van der Waals surface area contributed by atoms with Crippen molar-refractivity contribution in [1.29, 1.82) is 0 Å². The van der Waals surface area contributed by atoms with E-state index in [4.69, 9.17) is 9.72 Å². The number of benzene rings is 2. The van der Waals surface area contributed by atoms with Gasteiger partial charge in [-0.15, -0.1) is 0 Å². The number of hydrogen-bond acceptors (Lipinski definition) is 5. The van der Waals surface area contributed by atoms with E-state index in [1.54, 1.807) is 11.5 Å². The maximum absolute atomic E-state index is 13.5. The number of aromatic nitrogens is 4. The highest BCUT2D eigenvalue weighted by Crippen LogP contribution is 2.28. The molecule has 0 spiro atoms. The molecule has 0 aliphatic carbocycles. The summed E-state index contributed by atoms with van der Waals surface area (Å²) in [7, 11) is 0. The molecule has 0 bridgehead atoms. The molecule has 4 rings (SSSR count). The van der Waals surface area contributed by atoms with Gasteiger partial charge in [0, 0.05) is 17.2 Å². The Morgan fingerprint density at radius 2 is 1.67 bits per heavy atom. The van der Waals surface area contributed by atoms with Gasteiger partial charge in [0.05, 0.1) is 16.9 Å². The fraction of sp³-hybridized carbons (Fsp3) is 0.333. The Morgan fingerprint density at radius 3 is 2.36 bits per heavy atom. The molecular formula is C30H34N4O2. The van der Waals surface area contributed by atoms with Gasteiger partial charge in [-0.3, -0.25) is 9.36 Å². The summed E-state index contributed by atoms with van der Waals surface area (Å²) < 4.78 is 7.63. The smallest absolute Gasteiger partial charge is 0.264 e. The molecule has 0 aliphatic rings. The van der Waals surface area contributed by atoms with Crippen molar-refractivity contribution in [3.63, 3.8) is 0 Å². The summed E-state index contributed by atoms with van der Waals surface area (Å²) in [5, 5.41) is 0. The van der Waals surface area contributed by atoms with Gasteiger partial charge in [-0.1, -0.05) is 62.7 Å². The van der Waals surface area contributed by atoms with Crippen LogP contribution in [0.3, 0.4) is 0 Å². The third-order valence-electron chi connectivity index (χ3n) is 6.26. The van der Waals surface area contributed by atoms with E-state index in [-0.39, 0.29) is 11.0 Å². The number of rotatable bonds is 5. The van der Waals surface area contributed by atoms with Crippen LogP contribution in [0.15, 0.2) is 53.5 Å². The number of hydrogen-bond donors (Lipinski definition) is 0. The first kappa shape index (κ1) is 25.3. The van der Waals surface area contributed by atoms with E-state index < -0.39 is 0 Å². The first-order valence-electron chi connectivity index (χ1n) is 12.2. The number of aryl methyl sites for hydroxylation is 4. The normalized spacial score (nSPS) is 11.6. The van der Waals surface area contributed by atoms with Crippen LogP contribution in [0.5, 0.6) is 5.88 Å². The van der Waals surface area contributed by atoms with E-state index in [1.165, 1.54) is 0 Å². The predicted molar refractivity (Wildman–Crippen MR) is 144 cm³/mol. The molecule has 6 heteroatoms. The lowest BCUT2D eigenvalue weighted by Gasteiger charge is -2.19. The molecule has 2 aromatic heterocycles. The van der Waals surface area contributed by atoms with E-state index in [2.05, 4.69) is 36.8 Å². The second-order valence-corrected chi connectivity index (χ2v) is 10.5. The van der Waals surface area contributed by atoms with Crippen molar-refractivity contribution >= 4 is 0 Å². The zero-order valence-electron chi connectivity index (χ0n) is 22.4. The summed E-state index contributed by atoms with van der Waals surface area (Å²) in [5.41, 5.74) is 6.91. The summed E-state index contributed by atoms with van der Waals surface area (Å²) in [6, 6.07) is 14.2. The van der Waals surface area contributed by atoms with Crippen molar-refractivity contribution in [3.8, 4) is 22.8 Å². The van der Waals surface area contributed by atoms with Gasteiger partial charge in [-0.2, -0.15) is 4.98 Å². The average molecular weight is 483 g/mol. The quantitative estimate of drug-likeness (QED) is 0.343. The van der Waals surface area contributed by atoms with Crippen LogP contribution >= 0.6 is 0 Å². The van der Waals surface area contributed by atoms with Gasteiger partial charge in [-0.05, 0) is 57.4 Å². The Morgan fingerprint density at radius 1 is 0.917 bits per heavy atom. The molecule has 0 amide bonds. The fourth-order valence-corrected chi connectivity index (χ4v) is 4.16. The topological polar surface area (TPSA) is 69.9 Å². The van der Waals surface area contributed by atoms with Gasteiger partial charge in [0.1, 0.15) is 18.3 Å². The monoisotopic (exact) mass is 482 g/mol. The summed E-state index contributed by atoms with van der Waals surface area (Å²) in [4.78, 5) is 27.6. The third kappa shape index (κ3) is 5.08. The predicted octanol–water partition coefficient (Wildman–Crippen LogP) is 6.11. The molecule has 2 aromatic carbocycles. The average Bonchev–Trinajstić information content (AvgIpc) is 2.81. The Bertz CT molecular complexity index is 1500. The molecule has 0 saturated heterocycles. The van der Waals surface area contributed by atoms with Gasteiger partial charge < -0.3 is 4.74 Å². The Kier molecular flexibility index (Phi) is 6.81. The third-order valence-corrected chi connectivity index (χ3v) is 6.26. The fourth-order valence-electron chi connectivity index (χ4n) is 4.16. The SMILES string of the molecule is Cc1cccc(COc2nc(C)n(-c3cc(-c4nc(C(C)(C)C)ncc4C)ccc3C)c(=O)c2C)c1. The van der Waals surface area contributed by atoms with Crippen molar-refractivity contribution in [1.82, 2.24) is 19.5 Å². The highest BCUT2D eigenvalue weighted by atomic mass is 16.5. The second kappa shape index (κ2) is 9.69. The lowest BCUT2D eigenvalue weighted by molar-refractivity contribution is 0.289. The van der Waals surface area contributed by atoms with Crippen molar-refractivity contribution < 1.29 is 4.74 Å². The van der Waals surface area contributed by atoms with E-state index in [0.29, 0.717) is 23.9 Å². The molecule has 0 aliphatic heterocycles. The summed E-state index contributed by atoms with van der Waals surface area (Å²) in [6.45, 7) is 16.3. The largest absolute Gasteiger partial charge is 0.472 e. The highest BCUT2D eigenvalue weighted by molar-refractivity contribution is 5.67. The minimum absolute atomic E-state index is 0.142. The van der Waals surface area contributed by atoms with Gasteiger partial charge >= 0.3 is 0 Å². The zero-order chi connectivity index (χ0) is 26.2. The molecule has 0 N–H and O–H groups in total. The van der Waals surface area contributed by atoms with Gasteiger partial charge in [0.2, 0.25) is 5.88 Å². The maximum atomic E-state index is 13.5. The van der Waals surface area contributed by atoms with Crippen LogP contribution in [-0.4, -0.2) is 19.5 Å². The van der Waals surface area contributed by atoms with E-state index in [9.17, 15) is 4.79 Å². The van der Waals surface area contributed by atoms with Crippen LogP contribution in [0.25, 0.3) is 16.9 Å². The molecule has 2 heterocycles. The Labute approximate surface area is 213 Å². The Hall–Kier alpha value is -3.80. The number of nitrogens with zero attached hydrogens (tertiary/aromatic N) is 4. The van der Waals surface area contributed by atoms with Crippen LogP contribution < -0.4 is 10.3 Å². The van der Waals surface area contributed by atoms with Gasteiger partial charge in [0.15, 0.2) is 0 Å². The standard InChI is InChI=1S/C30H34N4O2/c1-18-10-9-11-23(14-18)17-36-27-21(4)28(35)34(22(5)32-27)25-15-24(13-12-19(25)2)26-20(3)16-31-29(33-26)30(6,7)8/h9-16H,17H2,1-8H3. The minimum atomic E-state index is -0.168. The lowest BCUT2D eigenvalue weighted by atomic mass is 9.95. The van der Waals surface area contributed by atoms with Crippen molar-refractivity contribution in [2.45, 2.75) is 67.4 Å². The molecule has 0 unspecified atom stereocenters. The van der Waals surface area contributed by atoms with E-state index in [0.717, 1.165) is 45.0 Å². The van der Waals surface area contributed by atoms with E-state index in [1.807, 2.05) is 70.3 Å². The summed E-state index contributed by atoms with van der Waals surface area (Å²) in [5.74, 6) is 1.72. The van der Waals surface area contributed by atoms with Crippen molar-refractivity contribution in [2.24, 2.45) is 0 Å². The van der Waals surface area contributed by atoms with Crippen LogP contribution in [0.2, 0.25) is 0 Å². The molecule has 0 saturated carbocycles. The molecule has 0 fully saturated rings. The molecule has 0 radical (unpaired) electrons. The maximum Gasteiger partial charge on any atom is 0.264 e. The van der Waals surface area contributed by atoms with Crippen LogP contribution in [0, 0.1) is 34.6 Å². The lowest BCUT2D eigenvalue weighted by Crippen LogP contribution is -2.26. The molecule has 0 atom stereocenters. The van der Waals surface area contributed by atoms with E-state index >= 15 is 0 Å².